The summed E-state index contributed by atoms with van der Waals surface area (Å²) < 4.78 is 10.8. The minimum absolute atomic E-state index is 0.0573. The molecule has 2 aromatic rings. The normalized spacial score (nSPS) is 15.2. The number of rotatable bonds is 8. The Balaban J connectivity index is 1.68. The van der Waals surface area contributed by atoms with Crippen molar-refractivity contribution in [1.29, 1.82) is 0 Å². The van der Waals surface area contributed by atoms with Crippen LogP contribution in [0.3, 0.4) is 0 Å². The molecule has 1 heterocycles. The van der Waals surface area contributed by atoms with Crippen molar-refractivity contribution in [2.24, 2.45) is 0 Å². The summed E-state index contributed by atoms with van der Waals surface area (Å²) in [6.45, 7) is 3.22. The summed E-state index contributed by atoms with van der Waals surface area (Å²) in [6, 6.07) is 9.23. The van der Waals surface area contributed by atoms with Gasteiger partial charge in [-0.25, -0.2) is 0 Å². The zero-order chi connectivity index (χ0) is 21.5. The van der Waals surface area contributed by atoms with Crippen LogP contribution in [0.2, 0.25) is 0 Å². The molecule has 0 spiro atoms. The Morgan fingerprint density at radius 3 is 2.47 bits per heavy atom. The molecule has 0 saturated carbocycles. The summed E-state index contributed by atoms with van der Waals surface area (Å²) in [4.78, 5) is 12.5. The van der Waals surface area contributed by atoms with E-state index in [1.165, 1.54) is 30.3 Å². The fourth-order valence-corrected chi connectivity index (χ4v) is 3.17. The van der Waals surface area contributed by atoms with Gasteiger partial charge in [0.2, 0.25) is 0 Å². The highest BCUT2D eigenvalue weighted by atomic mass is 16.7. The number of aromatic hydroxyl groups is 3. The lowest BCUT2D eigenvalue weighted by Crippen LogP contribution is -2.07. The summed E-state index contributed by atoms with van der Waals surface area (Å²) >= 11 is 0. The van der Waals surface area contributed by atoms with Crippen LogP contribution in [0.5, 0.6) is 17.2 Å². The number of benzene rings is 2. The van der Waals surface area contributed by atoms with Crippen molar-refractivity contribution in [3.05, 3.63) is 70.8 Å². The summed E-state index contributed by atoms with van der Waals surface area (Å²) in [7, 11) is 0. The monoisotopic (exact) mass is 410 g/mol. The standard InChI is InChI=1S/C24H26O6/c1-16(3-13-23-29-14-15-30-23)2-9-19-22(27)12-10-20(24(19)28)21(26)11-6-17-4-7-18(25)8-5-17/h2,4-8,10-12,23,25,27-28H,3,9,13-15H2,1H3/b11-6+,16-2+. The zero-order valence-corrected chi connectivity index (χ0v) is 16.9. The Morgan fingerprint density at radius 2 is 1.77 bits per heavy atom. The van der Waals surface area contributed by atoms with Gasteiger partial charge < -0.3 is 24.8 Å². The summed E-state index contributed by atoms with van der Waals surface area (Å²) in [5.74, 6) is -0.510. The molecule has 3 rings (SSSR count). The van der Waals surface area contributed by atoms with Crippen LogP contribution in [-0.4, -0.2) is 40.6 Å². The maximum Gasteiger partial charge on any atom is 0.189 e. The van der Waals surface area contributed by atoms with Crippen molar-refractivity contribution in [1.82, 2.24) is 0 Å². The highest BCUT2D eigenvalue weighted by molar-refractivity contribution is 6.09. The molecule has 0 radical (unpaired) electrons. The van der Waals surface area contributed by atoms with Crippen molar-refractivity contribution in [2.75, 3.05) is 13.2 Å². The van der Waals surface area contributed by atoms with E-state index in [1.807, 2.05) is 13.0 Å². The molecule has 1 aliphatic rings. The molecule has 0 aromatic heterocycles. The van der Waals surface area contributed by atoms with E-state index in [0.717, 1.165) is 24.0 Å². The number of hydrogen-bond donors (Lipinski definition) is 3. The Hall–Kier alpha value is -3.09. The molecule has 158 valence electrons. The van der Waals surface area contributed by atoms with Gasteiger partial charge in [0, 0.05) is 12.0 Å². The molecule has 0 unspecified atom stereocenters. The van der Waals surface area contributed by atoms with E-state index >= 15 is 0 Å². The van der Waals surface area contributed by atoms with Crippen LogP contribution in [0.4, 0.5) is 0 Å². The summed E-state index contributed by atoms with van der Waals surface area (Å²) in [5.41, 5.74) is 2.26. The molecule has 0 aliphatic carbocycles. The Bertz CT molecular complexity index is 937. The maximum atomic E-state index is 12.5. The van der Waals surface area contributed by atoms with Crippen LogP contribution in [0.15, 0.2) is 54.1 Å². The topological polar surface area (TPSA) is 96.2 Å². The maximum absolute atomic E-state index is 12.5. The first-order valence-corrected chi connectivity index (χ1v) is 9.88. The van der Waals surface area contributed by atoms with Crippen LogP contribution in [0.25, 0.3) is 6.08 Å². The van der Waals surface area contributed by atoms with Crippen LogP contribution >= 0.6 is 0 Å². The molecule has 3 N–H and O–H groups in total. The average Bonchev–Trinajstić information content (AvgIpc) is 3.25. The predicted molar refractivity (Wildman–Crippen MR) is 114 cm³/mol. The largest absolute Gasteiger partial charge is 0.508 e. The van der Waals surface area contributed by atoms with E-state index in [2.05, 4.69) is 0 Å². The Morgan fingerprint density at radius 1 is 1.07 bits per heavy atom. The van der Waals surface area contributed by atoms with Crippen LogP contribution in [0, 0.1) is 0 Å². The predicted octanol–water partition coefficient (Wildman–Crippen LogP) is 4.34. The molecule has 1 fully saturated rings. The minimum atomic E-state index is -0.377. The van der Waals surface area contributed by atoms with Crippen molar-refractivity contribution in [3.8, 4) is 17.2 Å². The SMILES string of the molecule is C/C(=C\Cc1c(O)ccc(C(=O)/C=C/c2ccc(O)cc2)c1O)CCC1OCCO1. The minimum Gasteiger partial charge on any atom is -0.508 e. The van der Waals surface area contributed by atoms with Gasteiger partial charge in [0.1, 0.15) is 17.2 Å². The van der Waals surface area contributed by atoms with E-state index in [4.69, 9.17) is 9.47 Å². The highest BCUT2D eigenvalue weighted by Crippen LogP contribution is 2.32. The van der Waals surface area contributed by atoms with E-state index in [9.17, 15) is 20.1 Å². The second kappa shape index (κ2) is 10.1. The van der Waals surface area contributed by atoms with Gasteiger partial charge in [-0.15, -0.1) is 0 Å². The van der Waals surface area contributed by atoms with Gasteiger partial charge in [-0.3, -0.25) is 4.79 Å². The average molecular weight is 410 g/mol. The zero-order valence-electron chi connectivity index (χ0n) is 16.9. The molecule has 0 amide bonds. The number of ether oxygens (including phenoxy) is 2. The second-order valence-electron chi connectivity index (χ2n) is 7.21. The fraction of sp³-hybridized carbons (Fsp3) is 0.292. The van der Waals surface area contributed by atoms with E-state index in [1.54, 1.807) is 18.2 Å². The molecule has 0 atom stereocenters. The number of ketones is 1. The first kappa shape index (κ1) is 21.6. The first-order valence-electron chi connectivity index (χ1n) is 9.88. The third kappa shape index (κ3) is 5.72. The van der Waals surface area contributed by atoms with Crippen LogP contribution < -0.4 is 0 Å². The van der Waals surface area contributed by atoms with Gasteiger partial charge in [-0.05, 0) is 55.7 Å². The number of carbonyl (C=O) groups is 1. The molecule has 1 saturated heterocycles. The number of allylic oxidation sites excluding steroid dienone is 3. The first-order chi connectivity index (χ1) is 14.4. The third-order valence-corrected chi connectivity index (χ3v) is 4.96. The van der Waals surface area contributed by atoms with Gasteiger partial charge >= 0.3 is 0 Å². The van der Waals surface area contributed by atoms with Gasteiger partial charge in [-0.2, -0.15) is 0 Å². The molecule has 1 aliphatic heterocycles. The smallest absolute Gasteiger partial charge is 0.189 e. The van der Waals surface area contributed by atoms with E-state index in [-0.39, 0.29) is 34.9 Å². The molecule has 6 nitrogen and oxygen atoms in total. The van der Waals surface area contributed by atoms with Crippen LogP contribution in [-0.2, 0) is 15.9 Å². The van der Waals surface area contributed by atoms with Crippen molar-refractivity contribution in [2.45, 2.75) is 32.5 Å². The van der Waals surface area contributed by atoms with Gasteiger partial charge in [-0.1, -0.05) is 29.9 Å². The lowest BCUT2D eigenvalue weighted by atomic mass is 9.99. The third-order valence-electron chi connectivity index (χ3n) is 4.96. The quantitative estimate of drug-likeness (QED) is 0.340. The van der Waals surface area contributed by atoms with Gasteiger partial charge in [0.15, 0.2) is 12.1 Å². The molecule has 0 bridgehead atoms. The fourth-order valence-electron chi connectivity index (χ4n) is 3.17. The number of phenols is 3. The van der Waals surface area contributed by atoms with Crippen molar-refractivity contribution >= 4 is 11.9 Å². The number of hydrogen-bond acceptors (Lipinski definition) is 6. The van der Waals surface area contributed by atoms with E-state index < -0.39 is 0 Å². The Kier molecular flexibility index (Phi) is 7.27. The number of carbonyl (C=O) groups excluding carboxylic acids is 1. The number of phenolic OH excluding ortho intramolecular Hbond substituents is 3. The molecule has 6 heteroatoms. The van der Waals surface area contributed by atoms with Crippen molar-refractivity contribution < 1.29 is 29.6 Å². The molecular formula is C24H26O6. The van der Waals surface area contributed by atoms with Crippen LogP contribution in [0.1, 0.15) is 41.3 Å². The molecular weight excluding hydrogens is 384 g/mol. The molecule has 30 heavy (non-hydrogen) atoms. The summed E-state index contributed by atoms with van der Waals surface area (Å²) in [6.07, 6.45) is 6.54. The lowest BCUT2D eigenvalue weighted by molar-refractivity contribution is -0.0461. The van der Waals surface area contributed by atoms with Crippen molar-refractivity contribution in [3.63, 3.8) is 0 Å². The summed E-state index contributed by atoms with van der Waals surface area (Å²) in [5, 5.41) is 30.1. The van der Waals surface area contributed by atoms with Gasteiger partial charge in [0.05, 0.1) is 18.8 Å². The van der Waals surface area contributed by atoms with Gasteiger partial charge in [0.25, 0.3) is 0 Å². The second-order valence-corrected chi connectivity index (χ2v) is 7.21. The van der Waals surface area contributed by atoms with E-state index in [0.29, 0.717) is 25.2 Å². The lowest BCUT2D eigenvalue weighted by Gasteiger charge is -2.11. The molecule has 2 aromatic carbocycles. The Labute approximate surface area is 175 Å². The highest BCUT2D eigenvalue weighted by Gasteiger charge is 2.17.